The molecule has 0 radical (unpaired) electrons. The molecule has 5 heteroatoms. The molecular formula is C10H13FN2OS. The molecule has 0 spiro atoms. The molecule has 0 saturated heterocycles. The Hall–Kier alpha value is -1.23. The fourth-order valence-corrected chi connectivity index (χ4v) is 1.93. The van der Waals surface area contributed by atoms with Gasteiger partial charge in [0.2, 0.25) is 0 Å². The molecule has 0 heterocycles. The molecule has 82 valence electrons. The average molecular weight is 228 g/mol. The predicted molar refractivity (Wildman–Crippen MR) is 60.3 cm³/mol. The SMILES string of the molecule is CCCSc1cc(C(N)=O)c(N)cc1F. The van der Waals surface area contributed by atoms with Crippen molar-refractivity contribution in [3.05, 3.63) is 23.5 Å². The molecule has 0 aliphatic heterocycles. The smallest absolute Gasteiger partial charge is 0.250 e. The molecule has 0 saturated carbocycles. The number of carbonyl (C=O) groups excluding carboxylic acids is 1. The fraction of sp³-hybridized carbons (Fsp3) is 0.300. The quantitative estimate of drug-likeness (QED) is 0.611. The van der Waals surface area contributed by atoms with Crippen LogP contribution in [0.15, 0.2) is 17.0 Å². The van der Waals surface area contributed by atoms with Crippen LogP contribution < -0.4 is 11.5 Å². The van der Waals surface area contributed by atoms with Gasteiger partial charge in [0.25, 0.3) is 5.91 Å². The molecule has 1 rings (SSSR count). The van der Waals surface area contributed by atoms with E-state index in [0.29, 0.717) is 4.90 Å². The van der Waals surface area contributed by atoms with E-state index in [4.69, 9.17) is 11.5 Å². The van der Waals surface area contributed by atoms with Crippen LogP contribution in [0.25, 0.3) is 0 Å². The van der Waals surface area contributed by atoms with Gasteiger partial charge in [-0.05, 0) is 24.3 Å². The fourth-order valence-electron chi connectivity index (χ4n) is 1.10. The zero-order valence-electron chi connectivity index (χ0n) is 8.42. The Morgan fingerprint density at radius 3 is 2.73 bits per heavy atom. The number of amides is 1. The van der Waals surface area contributed by atoms with E-state index in [1.54, 1.807) is 0 Å². The van der Waals surface area contributed by atoms with E-state index in [1.165, 1.54) is 17.8 Å². The number of benzene rings is 1. The summed E-state index contributed by atoms with van der Waals surface area (Å²) in [4.78, 5) is 11.4. The largest absolute Gasteiger partial charge is 0.398 e. The third-order valence-corrected chi connectivity index (χ3v) is 3.07. The van der Waals surface area contributed by atoms with Crippen LogP contribution in [0.2, 0.25) is 0 Å². The van der Waals surface area contributed by atoms with Gasteiger partial charge in [-0.1, -0.05) is 6.92 Å². The highest BCUT2D eigenvalue weighted by Gasteiger charge is 2.11. The van der Waals surface area contributed by atoms with Crippen molar-refractivity contribution in [3.63, 3.8) is 0 Å². The number of hydrogen-bond donors (Lipinski definition) is 2. The van der Waals surface area contributed by atoms with Crippen LogP contribution in [0.3, 0.4) is 0 Å². The number of rotatable bonds is 4. The highest BCUT2D eigenvalue weighted by Crippen LogP contribution is 2.26. The van der Waals surface area contributed by atoms with Crippen LogP contribution in [0, 0.1) is 5.82 Å². The highest BCUT2D eigenvalue weighted by molar-refractivity contribution is 7.99. The van der Waals surface area contributed by atoms with Crippen LogP contribution in [-0.4, -0.2) is 11.7 Å². The molecule has 15 heavy (non-hydrogen) atoms. The normalized spacial score (nSPS) is 10.3. The summed E-state index contributed by atoms with van der Waals surface area (Å²) in [5.41, 5.74) is 10.8. The monoisotopic (exact) mass is 228 g/mol. The summed E-state index contributed by atoms with van der Waals surface area (Å²) in [6.07, 6.45) is 0.931. The maximum atomic E-state index is 13.4. The minimum absolute atomic E-state index is 0.0841. The van der Waals surface area contributed by atoms with Crippen LogP contribution in [0.5, 0.6) is 0 Å². The van der Waals surface area contributed by atoms with Gasteiger partial charge in [0.15, 0.2) is 0 Å². The van der Waals surface area contributed by atoms with Crippen LogP contribution in [0.4, 0.5) is 10.1 Å². The number of nitrogen functional groups attached to an aromatic ring is 1. The summed E-state index contributed by atoms with van der Waals surface area (Å²) < 4.78 is 13.4. The van der Waals surface area contributed by atoms with Gasteiger partial charge >= 0.3 is 0 Å². The van der Waals surface area contributed by atoms with Crippen LogP contribution in [0.1, 0.15) is 23.7 Å². The summed E-state index contributed by atoms with van der Waals surface area (Å²) >= 11 is 1.35. The van der Waals surface area contributed by atoms with Crippen molar-refractivity contribution in [2.75, 3.05) is 11.5 Å². The van der Waals surface area contributed by atoms with Gasteiger partial charge in [-0.3, -0.25) is 4.79 Å². The lowest BCUT2D eigenvalue weighted by Crippen LogP contribution is -2.14. The van der Waals surface area contributed by atoms with Gasteiger partial charge < -0.3 is 11.5 Å². The molecule has 1 aromatic rings. The second-order valence-corrected chi connectivity index (χ2v) is 4.22. The van der Waals surface area contributed by atoms with Crippen molar-refractivity contribution in [1.82, 2.24) is 0 Å². The molecule has 0 bridgehead atoms. The Morgan fingerprint density at radius 2 is 2.20 bits per heavy atom. The zero-order chi connectivity index (χ0) is 11.4. The van der Waals surface area contributed by atoms with Crippen molar-refractivity contribution >= 4 is 23.4 Å². The summed E-state index contributed by atoms with van der Waals surface area (Å²) in [5.74, 6) is -0.249. The van der Waals surface area contributed by atoms with Gasteiger partial charge in [-0.15, -0.1) is 11.8 Å². The molecular weight excluding hydrogens is 215 g/mol. The average Bonchev–Trinajstić information content (AvgIpc) is 2.16. The molecule has 1 aromatic carbocycles. The standard InChI is InChI=1S/C10H13FN2OS/c1-2-3-15-9-4-6(10(13)14)8(12)5-7(9)11/h4-5H,2-3,12H2,1H3,(H2,13,14). The van der Waals surface area contributed by atoms with Crippen molar-refractivity contribution in [2.45, 2.75) is 18.2 Å². The Kier molecular flexibility index (Phi) is 3.96. The Balaban J connectivity index is 3.06. The van der Waals surface area contributed by atoms with Gasteiger partial charge in [0.05, 0.1) is 5.56 Å². The number of anilines is 1. The third-order valence-electron chi connectivity index (χ3n) is 1.83. The topological polar surface area (TPSA) is 69.1 Å². The van der Waals surface area contributed by atoms with Crippen molar-refractivity contribution in [2.24, 2.45) is 5.73 Å². The number of thioether (sulfide) groups is 1. The summed E-state index contributed by atoms with van der Waals surface area (Å²) in [7, 11) is 0. The predicted octanol–water partition coefficient (Wildman–Crippen LogP) is 2.01. The molecule has 0 atom stereocenters. The van der Waals surface area contributed by atoms with Crippen molar-refractivity contribution in [1.29, 1.82) is 0 Å². The van der Waals surface area contributed by atoms with Gasteiger partial charge in [0, 0.05) is 10.6 Å². The first-order valence-corrected chi connectivity index (χ1v) is 5.56. The molecule has 1 amide bonds. The van der Waals surface area contributed by atoms with Gasteiger partial charge in [0.1, 0.15) is 5.82 Å². The van der Waals surface area contributed by atoms with Crippen molar-refractivity contribution in [3.8, 4) is 0 Å². The number of nitrogens with two attached hydrogens (primary N) is 2. The van der Waals surface area contributed by atoms with E-state index in [2.05, 4.69) is 0 Å². The molecule has 4 N–H and O–H groups in total. The molecule has 0 aliphatic carbocycles. The van der Waals surface area contributed by atoms with E-state index >= 15 is 0 Å². The molecule has 0 aliphatic rings. The number of primary amides is 1. The minimum Gasteiger partial charge on any atom is -0.398 e. The van der Waals surface area contributed by atoms with E-state index < -0.39 is 11.7 Å². The first kappa shape index (κ1) is 11.8. The van der Waals surface area contributed by atoms with Gasteiger partial charge in [-0.2, -0.15) is 0 Å². The lowest BCUT2D eigenvalue weighted by Gasteiger charge is -2.06. The number of hydrogen-bond acceptors (Lipinski definition) is 3. The first-order chi connectivity index (χ1) is 7.06. The second-order valence-electron chi connectivity index (χ2n) is 3.08. The zero-order valence-corrected chi connectivity index (χ0v) is 9.23. The number of carbonyl (C=O) groups is 1. The Labute approximate surface area is 92.0 Å². The van der Waals surface area contributed by atoms with E-state index in [9.17, 15) is 9.18 Å². The van der Waals surface area contributed by atoms with E-state index in [1.807, 2.05) is 6.92 Å². The summed E-state index contributed by atoms with van der Waals surface area (Å²) in [6, 6.07) is 2.55. The first-order valence-electron chi connectivity index (χ1n) is 4.58. The molecule has 3 nitrogen and oxygen atoms in total. The number of halogens is 1. The maximum absolute atomic E-state index is 13.4. The Bertz CT molecular complexity index is 382. The molecule has 0 unspecified atom stereocenters. The lowest BCUT2D eigenvalue weighted by atomic mass is 10.1. The molecule has 0 aromatic heterocycles. The summed E-state index contributed by atoms with van der Waals surface area (Å²) in [5, 5.41) is 0. The highest BCUT2D eigenvalue weighted by atomic mass is 32.2. The van der Waals surface area contributed by atoms with Crippen molar-refractivity contribution < 1.29 is 9.18 Å². The van der Waals surface area contributed by atoms with E-state index in [0.717, 1.165) is 18.2 Å². The van der Waals surface area contributed by atoms with E-state index in [-0.39, 0.29) is 11.3 Å². The lowest BCUT2D eigenvalue weighted by molar-refractivity contribution is 0.100. The van der Waals surface area contributed by atoms with Gasteiger partial charge in [-0.25, -0.2) is 4.39 Å². The minimum atomic E-state index is -0.633. The summed E-state index contributed by atoms with van der Waals surface area (Å²) in [6.45, 7) is 2.00. The Morgan fingerprint density at radius 1 is 1.53 bits per heavy atom. The molecule has 0 fully saturated rings. The van der Waals surface area contributed by atoms with Crippen LogP contribution in [-0.2, 0) is 0 Å². The maximum Gasteiger partial charge on any atom is 0.250 e. The second kappa shape index (κ2) is 5.02. The van der Waals surface area contributed by atoms with Crippen LogP contribution >= 0.6 is 11.8 Å². The third kappa shape index (κ3) is 2.86.